The van der Waals surface area contributed by atoms with Crippen molar-refractivity contribution in [2.45, 2.75) is 11.8 Å². The van der Waals surface area contributed by atoms with E-state index in [0.29, 0.717) is 10.6 Å². The molecule has 0 unspecified atom stereocenters. The van der Waals surface area contributed by atoms with Gasteiger partial charge in [-0.3, -0.25) is 4.98 Å². The zero-order chi connectivity index (χ0) is 6.85. The standard InChI is InChI=1S/C6H7NOS/c1-4-6(8)2-5(9)3-7-4/h2-3,8-9H,1H3. The predicted octanol–water partition coefficient (Wildman–Crippen LogP) is 1.38. The molecule has 1 N–H and O–H groups in total. The lowest BCUT2D eigenvalue weighted by Crippen LogP contribution is -1.79. The van der Waals surface area contributed by atoms with Gasteiger partial charge in [-0.1, -0.05) is 0 Å². The number of aromatic nitrogens is 1. The van der Waals surface area contributed by atoms with E-state index in [0.717, 1.165) is 0 Å². The Labute approximate surface area is 59.0 Å². The van der Waals surface area contributed by atoms with Crippen molar-refractivity contribution in [2.75, 3.05) is 0 Å². The molecule has 0 aliphatic carbocycles. The van der Waals surface area contributed by atoms with Crippen molar-refractivity contribution < 1.29 is 5.11 Å². The molecule has 0 radical (unpaired) electrons. The fraction of sp³-hybridized carbons (Fsp3) is 0.167. The van der Waals surface area contributed by atoms with E-state index in [4.69, 9.17) is 5.11 Å². The van der Waals surface area contributed by atoms with Crippen LogP contribution in [0.5, 0.6) is 5.75 Å². The summed E-state index contributed by atoms with van der Waals surface area (Å²) in [4.78, 5) is 4.53. The number of aromatic hydroxyl groups is 1. The highest BCUT2D eigenvalue weighted by Gasteiger charge is 1.94. The van der Waals surface area contributed by atoms with Gasteiger partial charge in [0.05, 0.1) is 5.69 Å². The lowest BCUT2D eigenvalue weighted by molar-refractivity contribution is 0.466. The number of hydrogen-bond donors (Lipinski definition) is 2. The van der Waals surface area contributed by atoms with Gasteiger partial charge in [-0.05, 0) is 13.0 Å². The minimum absolute atomic E-state index is 0.197. The summed E-state index contributed by atoms with van der Waals surface area (Å²) in [5.41, 5.74) is 0.632. The molecule has 1 aromatic rings. The molecule has 0 spiro atoms. The molecule has 0 aromatic carbocycles. The first-order valence-electron chi connectivity index (χ1n) is 2.55. The Hall–Kier alpha value is -0.700. The maximum absolute atomic E-state index is 8.99. The number of thiol groups is 1. The van der Waals surface area contributed by atoms with E-state index in [-0.39, 0.29) is 5.75 Å². The van der Waals surface area contributed by atoms with Gasteiger partial charge in [-0.25, -0.2) is 0 Å². The van der Waals surface area contributed by atoms with Gasteiger partial charge in [0, 0.05) is 11.1 Å². The predicted molar refractivity (Wildman–Crippen MR) is 37.9 cm³/mol. The molecule has 1 aromatic heterocycles. The Bertz CT molecular complexity index is 224. The van der Waals surface area contributed by atoms with Gasteiger partial charge >= 0.3 is 0 Å². The largest absolute Gasteiger partial charge is 0.506 e. The van der Waals surface area contributed by atoms with Crippen LogP contribution in [0.2, 0.25) is 0 Å². The van der Waals surface area contributed by atoms with Crippen LogP contribution in [0, 0.1) is 6.92 Å². The lowest BCUT2D eigenvalue weighted by atomic mass is 10.3. The number of aryl methyl sites for hydroxylation is 1. The average molecular weight is 141 g/mol. The van der Waals surface area contributed by atoms with Crippen LogP contribution in [0.1, 0.15) is 5.69 Å². The zero-order valence-electron chi connectivity index (χ0n) is 5.00. The van der Waals surface area contributed by atoms with Gasteiger partial charge < -0.3 is 5.11 Å². The second-order valence-electron chi connectivity index (χ2n) is 1.80. The SMILES string of the molecule is Cc1ncc(S)cc1O. The fourth-order valence-electron chi connectivity index (χ4n) is 0.511. The van der Waals surface area contributed by atoms with Gasteiger partial charge in [0.25, 0.3) is 0 Å². The molecular formula is C6H7NOS. The Morgan fingerprint density at radius 3 is 2.78 bits per heavy atom. The molecule has 0 aliphatic rings. The van der Waals surface area contributed by atoms with Crippen molar-refractivity contribution >= 4 is 12.6 Å². The summed E-state index contributed by atoms with van der Waals surface area (Å²) in [7, 11) is 0. The van der Waals surface area contributed by atoms with Gasteiger partial charge in [0.15, 0.2) is 0 Å². The first kappa shape index (κ1) is 6.42. The molecule has 0 amide bonds. The smallest absolute Gasteiger partial charge is 0.137 e. The van der Waals surface area contributed by atoms with Crippen LogP contribution in [-0.2, 0) is 0 Å². The Morgan fingerprint density at radius 2 is 2.33 bits per heavy atom. The molecule has 3 heteroatoms. The average Bonchev–Trinajstić information content (AvgIpc) is 1.80. The number of pyridine rings is 1. The molecule has 0 saturated carbocycles. The minimum atomic E-state index is 0.197. The molecule has 2 nitrogen and oxygen atoms in total. The molecular weight excluding hydrogens is 134 g/mol. The van der Waals surface area contributed by atoms with E-state index in [1.807, 2.05) is 0 Å². The molecule has 0 fully saturated rings. The van der Waals surface area contributed by atoms with Crippen LogP contribution in [0.15, 0.2) is 17.2 Å². The first-order chi connectivity index (χ1) is 4.20. The number of rotatable bonds is 0. The third-order valence-corrected chi connectivity index (χ3v) is 1.29. The Kier molecular flexibility index (Phi) is 1.62. The summed E-state index contributed by atoms with van der Waals surface area (Å²) in [6.07, 6.45) is 1.60. The highest BCUT2D eigenvalue weighted by atomic mass is 32.1. The molecule has 0 aliphatic heterocycles. The summed E-state index contributed by atoms with van der Waals surface area (Å²) in [6.45, 7) is 1.74. The maximum Gasteiger partial charge on any atom is 0.137 e. The van der Waals surface area contributed by atoms with Gasteiger partial charge in [0.1, 0.15) is 5.75 Å². The van der Waals surface area contributed by atoms with Crippen LogP contribution in [-0.4, -0.2) is 10.1 Å². The van der Waals surface area contributed by atoms with Crippen LogP contribution in [0.25, 0.3) is 0 Å². The topological polar surface area (TPSA) is 33.1 Å². The monoisotopic (exact) mass is 141 g/mol. The molecule has 0 saturated heterocycles. The van der Waals surface area contributed by atoms with E-state index < -0.39 is 0 Å². The molecule has 0 bridgehead atoms. The van der Waals surface area contributed by atoms with Crippen molar-refractivity contribution in [1.82, 2.24) is 4.98 Å². The van der Waals surface area contributed by atoms with Gasteiger partial charge in [-0.2, -0.15) is 0 Å². The van der Waals surface area contributed by atoms with Crippen molar-refractivity contribution in [3.63, 3.8) is 0 Å². The summed E-state index contributed by atoms with van der Waals surface area (Å²) >= 11 is 3.98. The quantitative estimate of drug-likeness (QED) is 0.535. The van der Waals surface area contributed by atoms with Crippen molar-refractivity contribution in [1.29, 1.82) is 0 Å². The molecule has 9 heavy (non-hydrogen) atoms. The molecule has 1 rings (SSSR count). The normalized spacial score (nSPS) is 9.56. The summed E-state index contributed by atoms with van der Waals surface area (Å²) in [6, 6.07) is 1.56. The van der Waals surface area contributed by atoms with Crippen molar-refractivity contribution in [3.05, 3.63) is 18.0 Å². The molecule has 0 atom stereocenters. The highest BCUT2D eigenvalue weighted by Crippen LogP contribution is 2.16. The van der Waals surface area contributed by atoms with E-state index in [2.05, 4.69) is 17.6 Å². The van der Waals surface area contributed by atoms with Crippen LogP contribution in [0.3, 0.4) is 0 Å². The Balaban J connectivity index is 3.17. The van der Waals surface area contributed by atoms with E-state index in [1.54, 1.807) is 19.2 Å². The summed E-state index contributed by atoms with van der Waals surface area (Å²) < 4.78 is 0. The van der Waals surface area contributed by atoms with E-state index >= 15 is 0 Å². The van der Waals surface area contributed by atoms with Crippen LogP contribution < -0.4 is 0 Å². The third kappa shape index (κ3) is 1.36. The minimum Gasteiger partial charge on any atom is -0.506 e. The summed E-state index contributed by atoms with van der Waals surface area (Å²) in [5.74, 6) is 0.197. The van der Waals surface area contributed by atoms with Gasteiger partial charge in [-0.15, -0.1) is 12.6 Å². The fourth-order valence-corrected chi connectivity index (χ4v) is 0.691. The number of nitrogens with zero attached hydrogens (tertiary/aromatic N) is 1. The van der Waals surface area contributed by atoms with E-state index in [1.165, 1.54) is 0 Å². The second kappa shape index (κ2) is 2.27. The zero-order valence-corrected chi connectivity index (χ0v) is 5.89. The number of hydrogen-bond acceptors (Lipinski definition) is 3. The summed E-state index contributed by atoms with van der Waals surface area (Å²) in [5, 5.41) is 8.99. The van der Waals surface area contributed by atoms with Crippen molar-refractivity contribution in [3.8, 4) is 5.75 Å². The maximum atomic E-state index is 8.99. The molecule has 1 heterocycles. The third-order valence-electron chi connectivity index (χ3n) is 1.05. The van der Waals surface area contributed by atoms with Crippen LogP contribution in [0.4, 0.5) is 0 Å². The molecule has 48 valence electrons. The van der Waals surface area contributed by atoms with Crippen molar-refractivity contribution in [2.24, 2.45) is 0 Å². The Morgan fingerprint density at radius 1 is 1.67 bits per heavy atom. The lowest BCUT2D eigenvalue weighted by Gasteiger charge is -1.95. The van der Waals surface area contributed by atoms with Gasteiger partial charge in [0.2, 0.25) is 0 Å². The van der Waals surface area contributed by atoms with Crippen LogP contribution >= 0.6 is 12.6 Å². The second-order valence-corrected chi connectivity index (χ2v) is 2.31. The highest BCUT2D eigenvalue weighted by molar-refractivity contribution is 7.80. The van der Waals surface area contributed by atoms with E-state index in [9.17, 15) is 0 Å². The first-order valence-corrected chi connectivity index (χ1v) is 2.99.